The standard InChI is InChI=1S/C11H22BrNO2S/c1-10(12)8-13(2)16(14,15)9-11-6-4-3-5-7-11/h10-11H,3-9H2,1-2H3. The van der Waals surface area contributed by atoms with Gasteiger partial charge in [-0.05, 0) is 18.8 Å². The van der Waals surface area contributed by atoms with Crippen LogP contribution in [-0.4, -0.2) is 36.9 Å². The van der Waals surface area contributed by atoms with E-state index >= 15 is 0 Å². The fraction of sp³-hybridized carbons (Fsp3) is 1.00. The molecule has 3 nitrogen and oxygen atoms in total. The van der Waals surface area contributed by atoms with Gasteiger partial charge in [-0.25, -0.2) is 12.7 Å². The Labute approximate surface area is 108 Å². The van der Waals surface area contributed by atoms with E-state index in [1.807, 2.05) is 6.92 Å². The van der Waals surface area contributed by atoms with E-state index in [1.165, 1.54) is 23.6 Å². The molecular formula is C11H22BrNO2S. The predicted molar refractivity (Wildman–Crippen MR) is 71.4 cm³/mol. The Morgan fingerprint density at radius 1 is 1.31 bits per heavy atom. The molecule has 0 aromatic carbocycles. The highest BCUT2D eigenvalue weighted by atomic mass is 79.9. The molecule has 0 bridgehead atoms. The monoisotopic (exact) mass is 311 g/mol. The second-order valence-corrected chi connectivity index (χ2v) is 8.53. The topological polar surface area (TPSA) is 37.4 Å². The van der Waals surface area contributed by atoms with Crippen molar-refractivity contribution in [1.82, 2.24) is 4.31 Å². The van der Waals surface area contributed by atoms with Gasteiger partial charge in [0.15, 0.2) is 0 Å². The fourth-order valence-electron chi connectivity index (χ4n) is 2.25. The Bertz CT molecular complexity index is 297. The minimum absolute atomic E-state index is 0.207. The summed E-state index contributed by atoms with van der Waals surface area (Å²) in [6.45, 7) is 2.52. The molecule has 1 saturated carbocycles. The zero-order valence-corrected chi connectivity index (χ0v) is 12.6. The van der Waals surface area contributed by atoms with Gasteiger partial charge in [0.05, 0.1) is 5.75 Å². The average molecular weight is 312 g/mol. The van der Waals surface area contributed by atoms with Crippen LogP contribution in [-0.2, 0) is 10.0 Å². The van der Waals surface area contributed by atoms with Crippen molar-refractivity contribution in [3.8, 4) is 0 Å². The number of hydrogen-bond donors (Lipinski definition) is 0. The second kappa shape index (κ2) is 6.36. The first-order valence-corrected chi connectivity index (χ1v) is 8.52. The van der Waals surface area contributed by atoms with E-state index in [-0.39, 0.29) is 4.83 Å². The van der Waals surface area contributed by atoms with Gasteiger partial charge in [-0.1, -0.05) is 42.1 Å². The molecule has 0 radical (unpaired) electrons. The third kappa shape index (κ3) is 4.72. The quantitative estimate of drug-likeness (QED) is 0.732. The van der Waals surface area contributed by atoms with Crippen LogP contribution in [0.5, 0.6) is 0 Å². The lowest BCUT2D eigenvalue weighted by Crippen LogP contribution is -2.35. The van der Waals surface area contributed by atoms with Gasteiger partial charge >= 0.3 is 0 Å². The molecule has 1 rings (SSSR count). The maximum atomic E-state index is 12.0. The van der Waals surface area contributed by atoms with Crippen LogP contribution >= 0.6 is 15.9 Å². The van der Waals surface area contributed by atoms with Crippen molar-refractivity contribution >= 4 is 26.0 Å². The third-order valence-electron chi connectivity index (χ3n) is 3.15. The van der Waals surface area contributed by atoms with Crippen molar-refractivity contribution in [1.29, 1.82) is 0 Å². The molecule has 0 spiro atoms. The first-order chi connectivity index (χ1) is 7.42. The Kier molecular flexibility index (Phi) is 5.74. The van der Waals surface area contributed by atoms with Crippen LogP contribution in [0.3, 0.4) is 0 Å². The molecule has 0 heterocycles. The summed E-state index contributed by atoms with van der Waals surface area (Å²) in [6.07, 6.45) is 5.82. The van der Waals surface area contributed by atoms with Gasteiger partial charge in [-0.3, -0.25) is 0 Å². The summed E-state index contributed by atoms with van der Waals surface area (Å²) >= 11 is 3.39. The maximum absolute atomic E-state index is 12.0. The van der Waals surface area contributed by atoms with Crippen molar-refractivity contribution in [3.05, 3.63) is 0 Å². The Hall–Kier alpha value is 0.390. The molecule has 1 aliphatic rings. The van der Waals surface area contributed by atoms with Gasteiger partial charge in [0.1, 0.15) is 0 Å². The van der Waals surface area contributed by atoms with Crippen molar-refractivity contribution in [2.75, 3.05) is 19.3 Å². The normalized spacial score (nSPS) is 21.2. The number of hydrogen-bond acceptors (Lipinski definition) is 2. The number of halogens is 1. The Morgan fingerprint density at radius 2 is 1.88 bits per heavy atom. The molecule has 0 aromatic rings. The SMILES string of the molecule is CC(Br)CN(C)S(=O)(=O)CC1CCCCC1. The minimum atomic E-state index is -3.05. The van der Waals surface area contributed by atoms with Crippen LogP contribution in [0, 0.1) is 5.92 Å². The number of sulfonamides is 1. The van der Waals surface area contributed by atoms with E-state index in [9.17, 15) is 8.42 Å². The number of alkyl halides is 1. The molecule has 0 saturated heterocycles. The van der Waals surface area contributed by atoms with Crippen LogP contribution in [0.25, 0.3) is 0 Å². The van der Waals surface area contributed by atoms with Crippen LogP contribution in [0.2, 0.25) is 0 Å². The number of nitrogens with zero attached hydrogens (tertiary/aromatic N) is 1. The average Bonchev–Trinajstić information content (AvgIpc) is 2.17. The molecule has 0 amide bonds. The molecular weight excluding hydrogens is 290 g/mol. The number of rotatable bonds is 5. The van der Waals surface area contributed by atoms with Crippen molar-refractivity contribution in [2.45, 2.75) is 43.9 Å². The van der Waals surface area contributed by atoms with Crippen LogP contribution in [0.1, 0.15) is 39.0 Å². The molecule has 1 unspecified atom stereocenters. The first kappa shape index (κ1) is 14.5. The minimum Gasteiger partial charge on any atom is -0.212 e. The largest absolute Gasteiger partial charge is 0.214 e. The molecule has 0 aromatic heterocycles. The Morgan fingerprint density at radius 3 is 2.38 bits per heavy atom. The summed E-state index contributed by atoms with van der Waals surface area (Å²) in [7, 11) is -1.38. The Balaban J connectivity index is 2.49. The van der Waals surface area contributed by atoms with Crippen LogP contribution in [0.15, 0.2) is 0 Å². The molecule has 0 N–H and O–H groups in total. The van der Waals surface area contributed by atoms with E-state index in [0.717, 1.165) is 12.8 Å². The smallest absolute Gasteiger partial charge is 0.212 e. The molecule has 1 aliphatic carbocycles. The summed E-state index contributed by atoms with van der Waals surface area (Å²) in [5.74, 6) is 0.718. The summed E-state index contributed by atoms with van der Waals surface area (Å²) in [5.41, 5.74) is 0. The summed E-state index contributed by atoms with van der Waals surface area (Å²) < 4.78 is 25.6. The van der Waals surface area contributed by atoms with Gasteiger partial charge in [0, 0.05) is 18.4 Å². The molecule has 5 heteroatoms. The second-order valence-electron chi connectivity index (χ2n) is 4.84. The van der Waals surface area contributed by atoms with Gasteiger partial charge in [-0.15, -0.1) is 0 Å². The summed E-state index contributed by atoms with van der Waals surface area (Å²) in [4.78, 5) is 0.207. The van der Waals surface area contributed by atoms with Crippen molar-refractivity contribution < 1.29 is 8.42 Å². The van der Waals surface area contributed by atoms with E-state index in [4.69, 9.17) is 0 Å². The van der Waals surface area contributed by atoms with E-state index in [1.54, 1.807) is 7.05 Å². The van der Waals surface area contributed by atoms with Gasteiger partial charge in [-0.2, -0.15) is 0 Å². The molecule has 0 aliphatic heterocycles. The van der Waals surface area contributed by atoms with Gasteiger partial charge in [0.25, 0.3) is 0 Å². The van der Waals surface area contributed by atoms with Gasteiger partial charge in [0.2, 0.25) is 10.0 Å². The summed E-state index contributed by atoms with van der Waals surface area (Å²) in [6, 6.07) is 0. The van der Waals surface area contributed by atoms with E-state index in [0.29, 0.717) is 18.2 Å². The highest BCUT2D eigenvalue weighted by molar-refractivity contribution is 9.09. The zero-order chi connectivity index (χ0) is 12.2. The highest BCUT2D eigenvalue weighted by Gasteiger charge is 2.25. The lowest BCUT2D eigenvalue weighted by Gasteiger charge is -2.25. The molecule has 16 heavy (non-hydrogen) atoms. The molecule has 1 fully saturated rings. The summed E-state index contributed by atoms with van der Waals surface area (Å²) in [5, 5.41) is 0. The highest BCUT2D eigenvalue weighted by Crippen LogP contribution is 2.25. The first-order valence-electron chi connectivity index (χ1n) is 6.00. The van der Waals surface area contributed by atoms with E-state index < -0.39 is 10.0 Å². The van der Waals surface area contributed by atoms with Gasteiger partial charge < -0.3 is 0 Å². The van der Waals surface area contributed by atoms with Crippen LogP contribution < -0.4 is 0 Å². The lowest BCUT2D eigenvalue weighted by atomic mass is 9.91. The molecule has 96 valence electrons. The van der Waals surface area contributed by atoms with Crippen molar-refractivity contribution in [3.63, 3.8) is 0 Å². The van der Waals surface area contributed by atoms with E-state index in [2.05, 4.69) is 15.9 Å². The fourth-order valence-corrected chi connectivity index (χ4v) is 4.51. The van der Waals surface area contributed by atoms with Crippen LogP contribution in [0.4, 0.5) is 0 Å². The van der Waals surface area contributed by atoms with Crippen molar-refractivity contribution in [2.24, 2.45) is 5.92 Å². The zero-order valence-electron chi connectivity index (χ0n) is 10.2. The molecule has 1 atom stereocenters. The third-order valence-corrected chi connectivity index (χ3v) is 5.44. The maximum Gasteiger partial charge on any atom is 0.214 e. The predicted octanol–water partition coefficient (Wildman–Crippen LogP) is 2.61. The lowest BCUT2D eigenvalue weighted by molar-refractivity contribution is 0.375.